The Kier molecular flexibility index (Phi) is 6.99. The largest absolute Gasteiger partial charge is 0.355 e. The van der Waals surface area contributed by atoms with Crippen LogP contribution in [-0.2, 0) is 25.4 Å². The van der Waals surface area contributed by atoms with Crippen molar-refractivity contribution in [3.05, 3.63) is 32.5 Å². The molecule has 1 saturated heterocycles. The maximum Gasteiger partial charge on any atom is 0.332 e. The molecule has 0 saturated carbocycles. The van der Waals surface area contributed by atoms with Crippen LogP contribution in [0, 0.1) is 0 Å². The zero-order chi connectivity index (χ0) is 22.7. The van der Waals surface area contributed by atoms with Crippen molar-refractivity contribution in [3.8, 4) is 0 Å². The minimum absolute atomic E-state index is 0.0195. The Morgan fingerprint density at radius 3 is 2.65 bits per heavy atom. The summed E-state index contributed by atoms with van der Waals surface area (Å²) in [5.41, 5.74) is 1.21. The van der Waals surface area contributed by atoms with Crippen LogP contribution in [-0.4, -0.2) is 56.8 Å². The average molecular weight is 432 g/mol. The van der Waals surface area contributed by atoms with Gasteiger partial charge in [-0.3, -0.25) is 18.7 Å². The van der Waals surface area contributed by atoms with Crippen LogP contribution in [0.15, 0.2) is 21.2 Å². The van der Waals surface area contributed by atoms with Gasteiger partial charge < -0.3 is 20.1 Å². The lowest BCUT2D eigenvalue weighted by molar-refractivity contribution is -0.120. The number of carbonyl (C=O) groups excluding carboxylic acids is 1. The van der Waals surface area contributed by atoms with Crippen molar-refractivity contribution < 1.29 is 4.79 Å². The van der Waals surface area contributed by atoms with Crippen LogP contribution in [0.5, 0.6) is 0 Å². The van der Waals surface area contributed by atoms with E-state index in [1.807, 2.05) is 31.4 Å². The summed E-state index contributed by atoms with van der Waals surface area (Å²) >= 11 is 0. The van der Waals surface area contributed by atoms with Gasteiger partial charge in [0.2, 0.25) is 11.9 Å². The highest BCUT2D eigenvalue weighted by Crippen LogP contribution is 2.23. The number of aromatic nitrogens is 4. The van der Waals surface area contributed by atoms with Gasteiger partial charge in [0.1, 0.15) is 0 Å². The Balaban J connectivity index is 1.99. The van der Waals surface area contributed by atoms with Crippen LogP contribution >= 0.6 is 0 Å². The molecular weight excluding hydrogens is 398 g/mol. The maximum atomic E-state index is 13.0. The quantitative estimate of drug-likeness (QED) is 0.602. The van der Waals surface area contributed by atoms with Crippen molar-refractivity contribution in [2.24, 2.45) is 14.1 Å². The van der Waals surface area contributed by atoms with Crippen LogP contribution < -0.4 is 26.8 Å². The molecule has 1 aliphatic rings. The van der Waals surface area contributed by atoms with Gasteiger partial charge in [0.25, 0.3) is 5.56 Å². The number of anilines is 1. The molecule has 1 atom stereocenters. The Hall–Kier alpha value is -2.88. The first-order chi connectivity index (χ1) is 14.7. The van der Waals surface area contributed by atoms with E-state index in [0.717, 1.165) is 29.5 Å². The Labute approximate surface area is 181 Å². The molecule has 0 aromatic carbocycles. The van der Waals surface area contributed by atoms with E-state index in [-0.39, 0.29) is 24.1 Å². The van der Waals surface area contributed by atoms with Crippen molar-refractivity contribution in [1.82, 2.24) is 29.3 Å². The number of aryl methyl sites for hydroxylation is 1. The van der Waals surface area contributed by atoms with Gasteiger partial charge in [-0.05, 0) is 33.6 Å². The normalized spacial score (nSPS) is 16.5. The van der Waals surface area contributed by atoms with E-state index >= 15 is 0 Å². The molecule has 0 bridgehead atoms. The van der Waals surface area contributed by atoms with E-state index in [9.17, 15) is 14.4 Å². The van der Waals surface area contributed by atoms with Gasteiger partial charge in [-0.15, -0.1) is 0 Å². The molecule has 2 N–H and O–H groups in total. The smallest absolute Gasteiger partial charge is 0.332 e. The molecule has 0 aliphatic carbocycles. The highest BCUT2D eigenvalue weighted by atomic mass is 16.2. The van der Waals surface area contributed by atoms with E-state index in [4.69, 9.17) is 4.98 Å². The van der Waals surface area contributed by atoms with Gasteiger partial charge in [-0.1, -0.05) is 11.6 Å². The summed E-state index contributed by atoms with van der Waals surface area (Å²) in [6.07, 6.45) is 3.95. The van der Waals surface area contributed by atoms with Gasteiger partial charge >= 0.3 is 5.69 Å². The van der Waals surface area contributed by atoms with E-state index in [0.29, 0.717) is 36.7 Å². The number of allylic oxidation sites excluding steroid dienone is 2. The number of nitrogens with zero attached hydrogens (tertiary/aromatic N) is 5. The molecule has 31 heavy (non-hydrogen) atoms. The third-order valence-electron chi connectivity index (χ3n) is 5.64. The molecule has 3 rings (SSSR count). The zero-order valence-electron chi connectivity index (χ0n) is 19.1. The lowest BCUT2D eigenvalue weighted by Crippen LogP contribution is -2.49. The molecular formula is C21H33N7O3. The number of rotatable bonds is 7. The second-order valence-electron chi connectivity index (χ2n) is 8.30. The van der Waals surface area contributed by atoms with Crippen LogP contribution in [0.4, 0.5) is 5.95 Å². The second kappa shape index (κ2) is 9.51. The van der Waals surface area contributed by atoms with Crippen molar-refractivity contribution in [3.63, 3.8) is 0 Å². The summed E-state index contributed by atoms with van der Waals surface area (Å²) < 4.78 is 4.45. The number of nitrogens with one attached hydrogen (secondary N) is 2. The summed E-state index contributed by atoms with van der Waals surface area (Å²) in [6.45, 7) is 8.76. The number of likely N-dealkylation sites (N-methyl/N-ethyl adjacent to an activating group) is 1. The molecule has 2 aromatic rings. The van der Waals surface area contributed by atoms with Gasteiger partial charge in [-0.2, -0.15) is 4.98 Å². The van der Waals surface area contributed by atoms with E-state index < -0.39 is 5.69 Å². The highest BCUT2D eigenvalue weighted by molar-refractivity contribution is 5.78. The van der Waals surface area contributed by atoms with Crippen molar-refractivity contribution >= 4 is 23.0 Å². The molecule has 1 fully saturated rings. The number of hydrogen-bond acceptors (Lipinski definition) is 6. The molecule has 1 aliphatic heterocycles. The fraction of sp³-hybridized carbons (Fsp3) is 0.619. The number of imidazole rings is 1. The summed E-state index contributed by atoms with van der Waals surface area (Å²) in [5.74, 6) is 0.657. The summed E-state index contributed by atoms with van der Waals surface area (Å²) in [4.78, 5) is 44.1. The average Bonchev–Trinajstić information content (AvgIpc) is 3.13. The third kappa shape index (κ3) is 4.73. The van der Waals surface area contributed by atoms with Crippen molar-refractivity contribution in [2.75, 3.05) is 31.1 Å². The number of fused-ring (bicyclic) bond motifs is 1. The fourth-order valence-electron chi connectivity index (χ4n) is 3.95. The first-order valence-corrected chi connectivity index (χ1v) is 10.8. The molecule has 0 radical (unpaired) electrons. The molecule has 3 heterocycles. The minimum atomic E-state index is -0.393. The number of piperidine rings is 1. The minimum Gasteiger partial charge on any atom is -0.355 e. The molecule has 10 heteroatoms. The third-order valence-corrected chi connectivity index (χ3v) is 5.64. The number of carbonyl (C=O) groups is 1. The molecule has 1 amide bonds. The van der Waals surface area contributed by atoms with Gasteiger partial charge in [0.15, 0.2) is 11.2 Å². The summed E-state index contributed by atoms with van der Waals surface area (Å²) in [5, 5.41) is 6.12. The molecule has 1 unspecified atom stereocenters. The van der Waals surface area contributed by atoms with Crippen molar-refractivity contribution in [2.45, 2.75) is 46.2 Å². The lowest BCUT2D eigenvalue weighted by atomic mass is 10.1. The molecule has 10 nitrogen and oxygen atoms in total. The first-order valence-electron chi connectivity index (χ1n) is 10.8. The lowest BCUT2D eigenvalue weighted by Gasteiger charge is -2.34. The van der Waals surface area contributed by atoms with Crippen molar-refractivity contribution in [1.29, 1.82) is 0 Å². The number of hydrogen-bond donors (Lipinski definition) is 2. The SMILES string of the molecule is CCNC(=O)CNC1CCCN(c2nc3c(c(=O)n(C)c(=O)n3C)n2CC=C(C)C)C1. The fourth-order valence-corrected chi connectivity index (χ4v) is 3.95. The molecule has 170 valence electrons. The Morgan fingerprint density at radius 2 is 1.97 bits per heavy atom. The monoisotopic (exact) mass is 431 g/mol. The molecule has 0 spiro atoms. The Bertz CT molecular complexity index is 1100. The maximum absolute atomic E-state index is 13.0. The van der Waals surface area contributed by atoms with Crippen LogP contribution in [0.3, 0.4) is 0 Å². The Morgan fingerprint density at radius 1 is 1.23 bits per heavy atom. The van der Waals surface area contributed by atoms with E-state index in [1.165, 1.54) is 11.6 Å². The number of amides is 1. The van der Waals surface area contributed by atoms with Crippen LogP contribution in [0.25, 0.3) is 11.2 Å². The molecule has 2 aromatic heterocycles. The van der Waals surface area contributed by atoms with Gasteiger partial charge in [-0.25, -0.2) is 4.79 Å². The summed E-state index contributed by atoms with van der Waals surface area (Å²) in [6, 6.07) is 0.139. The second-order valence-corrected chi connectivity index (χ2v) is 8.30. The topological polar surface area (TPSA) is 106 Å². The van der Waals surface area contributed by atoms with E-state index in [1.54, 1.807) is 7.05 Å². The zero-order valence-corrected chi connectivity index (χ0v) is 19.1. The summed E-state index contributed by atoms with van der Waals surface area (Å²) in [7, 11) is 3.13. The van der Waals surface area contributed by atoms with Gasteiger partial charge in [0, 0.05) is 46.3 Å². The standard InChI is InChI=1S/C21H33N7O3/c1-6-22-16(29)12-23-15-8-7-10-27(13-15)20-24-18-17(28(20)11-9-14(2)3)19(30)26(5)21(31)25(18)4/h9,15,23H,6-8,10-13H2,1-5H3,(H,22,29). The highest BCUT2D eigenvalue weighted by Gasteiger charge is 2.26. The van der Waals surface area contributed by atoms with Gasteiger partial charge in [0.05, 0.1) is 6.54 Å². The predicted octanol–water partition coefficient (Wildman–Crippen LogP) is 0.0944. The van der Waals surface area contributed by atoms with Crippen LogP contribution in [0.2, 0.25) is 0 Å². The van der Waals surface area contributed by atoms with Crippen LogP contribution in [0.1, 0.15) is 33.6 Å². The van der Waals surface area contributed by atoms with E-state index in [2.05, 4.69) is 15.5 Å². The first kappa shape index (κ1) is 22.8. The predicted molar refractivity (Wildman–Crippen MR) is 122 cm³/mol.